The molecule has 0 spiro atoms. The Balaban J connectivity index is 2.09. The standard InChI is InChI=1S/C15H19N3O2/c1-4-16-9-12-6-5-7-13(8-12)18-15(19)14-10(2)17-11(3)20-14/h5-8,16H,4,9H2,1-3H3,(H,18,19). The van der Waals surface area contributed by atoms with Crippen LogP contribution in [0.2, 0.25) is 0 Å². The van der Waals surface area contributed by atoms with E-state index < -0.39 is 0 Å². The summed E-state index contributed by atoms with van der Waals surface area (Å²) in [6.07, 6.45) is 0. The number of hydrogen-bond donors (Lipinski definition) is 2. The smallest absolute Gasteiger partial charge is 0.293 e. The van der Waals surface area contributed by atoms with Gasteiger partial charge in [0.2, 0.25) is 5.76 Å². The molecule has 0 aliphatic heterocycles. The average molecular weight is 273 g/mol. The van der Waals surface area contributed by atoms with Crippen molar-refractivity contribution in [3.8, 4) is 0 Å². The maximum Gasteiger partial charge on any atom is 0.293 e. The lowest BCUT2D eigenvalue weighted by atomic mass is 10.2. The van der Waals surface area contributed by atoms with Crippen LogP contribution in [-0.4, -0.2) is 17.4 Å². The summed E-state index contributed by atoms with van der Waals surface area (Å²) in [4.78, 5) is 16.2. The maximum absolute atomic E-state index is 12.1. The van der Waals surface area contributed by atoms with E-state index in [1.54, 1.807) is 13.8 Å². The van der Waals surface area contributed by atoms with Crippen molar-refractivity contribution in [2.24, 2.45) is 0 Å². The lowest BCUT2D eigenvalue weighted by Crippen LogP contribution is -2.14. The van der Waals surface area contributed by atoms with Crippen LogP contribution < -0.4 is 10.6 Å². The van der Waals surface area contributed by atoms with Crippen LogP contribution in [0.5, 0.6) is 0 Å². The van der Waals surface area contributed by atoms with Gasteiger partial charge in [0.1, 0.15) is 0 Å². The Morgan fingerprint density at radius 3 is 2.80 bits per heavy atom. The molecule has 5 nitrogen and oxygen atoms in total. The minimum Gasteiger partial charge on any atom is -0.436 e. The minimum absolute atomic E-state index is 0.264. The topological polar surface area (TPSA) is 67.2 Å². The number of anilines is 1. The van der Waals surface area contributed by atoms with Crippen LogP contribution in [-0.2, 0) is 6.54 Å². The van der Waals surface area contributed by atoms with Gasteiger partial charge >= 0.3 is 0 Å². The number of hydrogen-bond acceptors (Lipinski definition) is 4. The molecule has 0 fully saturated rings. The van der Waals surface area contributed by atoms with Crippen LogP contribution in [0.1, 0.15) is 34.6 Å². The maximum atomic E-state index is 12.1. The lowest BCUT2D eigenvalue weighted by molar-refractivity contribution is 0.0994. The van der Waals surface area contributed by atoms with Gasteiger partial charge in [-0.15, -0.1) is 0 Å². The van der Waals surface area contributed by atoms with Crippen LogP contribution in [0.15, 0.2) is 28.7 Å². The summed E-state index contributed by atoms with van der Waals surface area (Å²) in [5.41, 5.74) is 2.47. The zero-order valence-electron chi connectivity index (χ0n) is 12.0. The Hall–Kier alpha value is -2.14. The van der Waals surface area contributed by atoms with Gasteiger partial charge in [0.05, 0.1) is 5.69 Å². The van der Waals surface area contributed by atoms with E-state index in [0.717, 1.165) is 24.3 Å². The molecule has 0 bridgehead atoms. The molecule has 0 atom stereocenters. The van der Waals surface area contributed by atoms with Crippen molar-refractivity contribution in [1.82, 2.24) is 10.3 Å². The van der Waals surface area contributed by atoms with Gasteiger partial charge in [-0.3, -0.25) is 4.79 Å². The number of rotatable bonds is 5. The van der Waals surface area contributed by atoms with Crippen LogP contribution in [0.3, 0.4) is 0 Å². The fourth-order valence-electron chi connectivity index (χ4n) is 1.96. The summed E-state index contributed by atoms with van der Waals surface area (Å²) in [6, 6.07) is 7.73. The summed E-state index contributed by atoms with van der Waals surface area (Å²) in [6.45, 7) is 7.22. The molecule has 0 radical (unpaired) electrons. The van der Waals surface area contributed by atoms with Crippen LogP contribution in [0, 0.1) is 13.8 Å². The second kappa shape index (κ2) is 6.34. The first-order valence-corrected chi connectivity index (χ1v) is 6.65. The molecule has 0 aliphatic carbocycles. The molecule has 0 unspecified atom stereocenters. The zero-order valence-corrected chi connectivity index (χ0v) is 12.0. The van der Waals surface area contributed by atoms with Crippen molar-refractivity contribution in [1.29, 1.82) is 0 Å². The molecule has 20 heavy (non-hydrogen) atoms. The first-order valence-electron chi connectivity index (χ1n) is 6.65. The number of aryl methyl sites for hydroxylation is 2. The Labute approximate surface area is 118 Å². The Kier molecular flexibility index (Phi) is 4.53. The van der Waals surface area contributed by atoms with Gasteiger partial charge in [-0.2, -0.15) is 0 Å². The summed E-state index contributed by atoms with van der Waals surface area (Å²) in [5.74, 6) is 0.483. The quantitative estimate of drug-likeness (QED) is 0.879. The average Bonchev–Trinajstić information content (AvgIpc) is 2.76. The third-order valence-electron chi connectivity index (χ3n) is 2.87. The van der Waals surface area contributed by atoms with Gasteiger partial charge < -0.3 is 15.1 Å². The number of carbonyl (C=O) groups is 1. The minimum atomic E-state index is -0.274. The molecule has 106 valence electrons. The summed E-state index contributed by atoms with van der Waals surface area (Å²) in [5, 5.41) is 6.08. The highest BCUT2D eigenvalue weighted by molar-refractivity contribution is 6.02. The van der Waals surface area contributed by atoms with Crippen molar-refractivity contribution in [3.63, 3.8) is 0 Å². The number of amides is 1. The summed E-state index contributed by atoms with van der Waals surface area (Å²) < 4.78 is 5.31. The second-order valence-electron chi connectivity index (χ2n) is 4.58. The zero-order chi connectivity index (χ0) is 14.5. The SMILES string of the molecule is CCNCc1cccc(NC(=O)c2oc(C)nc2C)c1. The molecule has 2 rings (SSSR count). The number of oxazole rings is 1. The summed E-state index contributed by atoms with van der Waals surface area (Å²) >= 11 is 0. The van der Waals surface area contributed by atoms with Gasteiger partial charge in [0.25, 0.3) is 5.91 Å². The Morgan fingerprint density at radius 1 is 1.35 bits per heavy atom. The van der Waals surface area contributed by atoms with Crippen molar-refractivity contribution < 1.29 is 9.21 Å². The number of nitrogens with zero attached hydrogens (tertiary/aromatic N) is 1. The molecule has 1 heterocycles. The first-order chi connectivity index (χ1) is 9.60. The number of aromatic nitrogens is 1. The van der Waals surface area contributed by atoms with E-state index in [-0.39, 0.29) is 11.7 Å². The predicted octanol–water partition coefficient (Wildman–Crippen LogP) is 2.65. The molecule has 2 N–H and O–H groups in total. The van der Waals surface area contributed by atoms with Crippen LogP contribution >= 0.6 is 0 Å². The first kappa shape index (κ1) is 14.3. The highest BCUT2D eigenvalue weighted by Crippen LogP contribution is 2.15. The number of nitrogens with one attached hydrogen (secondary N) is 2. The van der Waals surface area contributed by atoms with E-state index in [1.807, 2.05) is 24.3 Å². The number of benzene rings is 1. The molecule has 1 aromatic heterocycles. The molecule has 2 aromatic rings. The van der Waals surface area contributed by atoms with E-state index in [1.165, 1.54) is 0 Å². The molecular formula is C15H19N3O2. The van der Waals surface area contributed by atoms with Gasteiger partial charge in [0, 0.05) is 19.2 Å². The molecular weight excluding hydrogens is 254 g/mol. The fourth-order valence-corrected chi connectivity index (χ4v) is 1.96. The Bertz CT molecular complexity index is 605. The van der Waals surface area contributed by atoms with Gasteiger partial charge in [0.15, 0.2) is 5.89 Å². The molecule has 1 aromatic carbocycles. The Morgan fingerprint density at radius 2 is 2.15 bits per heavy atom. The monoisotopic (exact) mass is 273 g/mol. The van der Waals surface area contributed by atoms with E-state index >= 15 is 0 Å². The lowest BCUT2D eigenvalue weighted by Gasteiger charge is -2.07. The van der Waals surface area contributed by atoms with E-state index in [0.29, 0.717) is 11.6 Å². The second-order valence-corrected chi connectivity index (χ2v) is 4.58. The fraction of sp³-hybridized carbons (Fsp3) is 0.333. The molecule has 0 saturated carbocycles. The highest BCUT2D eigenvalue weighted by Gasteiger charge is 2.15. The molecule has 0 aliphatic rings. The third kappa shape index (κ3) is 3.45. The molecule has 0 saturated heterocycles. The van der Waals surface area contributed by atoms with E-state index in [2.05, 4.69) is 22.5 Å². The highest BCUT2D eigenvalue weighted by atomic mass is 16.4. The van der Waals surface area contributed by atoms with Gasteiger partial charge in [-0.05, 0) is 31.2 Å². The van der Waals surface area contributed by atoms with Crippen LogP contribution in [0.4, 0.5) is 5.69 Å². The van der Waals surface area contributed by atoms with Crippen molar-refractivity contribution in [3.05, 3.63) is 47.2 Å². The normalized spacial score (nSPS) is 10.6. The van der Waals surface area contributed by atoms with Crippen molar-refractivity contribution in [2.45, 2.75) is 27.3 Å². The van der Waals surface area contributed by atoms with E-state index in [4.69, 9.17) is 4.42 Å². The van der Waals surface area contributed by atoms with Crippen LogP contribution in [0.25, 0.3) is 0 Å². The largest absolute Gasteiger partial charge is 0.436 e. The molecule has 1 amide bonds. The van der Waals surface area contributed by atoms with Crippen molar-refractivity contribution in [2.75, 3.05) is 11.9 Å². The van der Waals surface area contributed by atoms with Gasteiger partial charge in [-0.25, -0.2) is 4.98 Å². The van der Waals surface area contributed by atoms with Gasteiger partial charge in [-0.1, -0.05) is 19.1 Å². The van der Waals surface area contributed by atoms with E-state index in [9.17, 15) is 4.79 Å². The number of carbonyl (C=O) groups excluding carboxylic acids is 1. The molecule has 5 heteroatoms. The third-order valence-corrected chi connectivity index (χ3v) is 2.87. The summed E-state index contributed by atoms with van der Waals surface area (Å²) in [7, 11) is 0. The predicted molar refractivity (Wildman–Crippen MR) is 77.8 cm³/mol. The van der Waals surface area contributed by atoms with Crippen molar-refractivity contribution >= 4 is 11.6 Å².